The minimum atomic E-state index is -0.583. The van der Waals surface area contributed by atoms with Crippen molar-refractivity contribution in [2.75, 3.05) is 0 Å². The molecule has 0 aliphatic rings. The normalized spacial score (nSPS) is 11.9. The molecular formula is C26H23FN4O2. The Morgan fingerprint density at radius 2 is 1.94 bits per heavy atom. The van der Waals surface area contributed by atoms with Gasteiger partial charge in [0.15, 0.2) is 0 Å². The fourth-order valence-corrected chi connectivity index (χ4v) is 3.32. The highest BCUT2D eigenvalue weighted by Crippen LogP contribution is 2.21. The van der Waals surface area contributed by atoms with Crippen LogP contribution in [0, 0.1) is 5.82 Å². The maximum absolute atomic E-state index is 13.8. The molecule has 2 aromatic heterocycles. The average molecular weight is 442 g/mol. The van der Waals surface area contributed by atoms with E-state index in [1.54, 1.807) is 41.4 Å². The van der Waals surface area contributed by atoms with Crippen molar-refractivity contribution in [3.05, 3.63) is 120 Å². The molecule has 0 saturated carbocycles. The van der Waals surface area contributed by atoms with Gasteiger partial charge >= 0.3 is 0 Å². The molecular weight excluding hydrogens is 419 g/mol. The van der Waals surface area contributed by atoms with Crippen LogP contribution in [0.3, 0.4) is 0 Å². The number of nitrogens with zero attached hydrogens (tertiary/aromatic N) is 3. The van der Waals surface area contributed by atoms with E-state index in [2.05, 4.69) is 15.3 Å². The summed E-state index contributed by atoms with van der Waals surface area (Å²) in [6.45, 7) is 0.382. The highest BCUT2D eigenvalue weighted by molar-refractivity contribution is 5.92. The minimum absolute atomic E-state index is 0.317. The van der Waals surface area contributed by atoms with Gasteiger partial charge < -0.3 is 14.6 Å². The predicted molar refractivity (Wildman–Crippen MR) is 124 cm³/mol. The van der Waals surface area contributed by atoms with Gasteiger partial charge in [0.2, 0.25) is 5.91 Å². The van der Waals surface area contributed by atoms with Gasteiger partial charge in [-0.1, -0.05) is 30.3 Å². The second-order valence-electron chi connectivity index (χ2n) is 7.41. The molecule has 0 spiro atoms. The van der Waals surface area contributed by atoms with Crippen LogP contribution < -0.4 is 10.1 Å². The van der Waals surface area contributed by atoms with Gasteiger partial charge in [-0.2, -0.15) is 0 Å². The van der Waals surface area contributed by atoms with Crippen LogP contribution in [-0.4, -0.2) is 20.4 Å². The number of carbonyl (C=O) groups excluding carboxylic acids is 1. The summed E-state index contributed by atoms with van der Waals surface area (Å²) in [7, 11) is 1.83. The van der Waals surface area contributed by atoms with Crippen LogP contribution in [0.1, 0.15) is 28.7 Å². The second-order valence-corrected chi connectivity index (χ2v) is 7.41. The Bertz CT molecular complexity index is 1240. The van der Waals surface area contributed by atoms with Crippen LogP contribution in [0.25, 0.3) is 6.08 Å². The summed E-state index contributed by atoms with van der Waals surface area (Å²) >= 11 is 0. The highest BCUT2D eigenvalue weighted by Gasteiger charge is 2.20. The quantitative estimate of drug-likeness (QED) is 0.409. The minimum Gasteiger partial charge on any atom is -0.487 e. The van der Waals surface area contributed by atoms with Crippen molar-refractivity contribution in [2.24, 2.45) is 7.05 Å². The van der Waals surface area contributed by atoms with E-state index in [0.717, 1.165) is 11.3 Å². The average Bonchev–Trinajstić information content (AvgIpc) is 3.26. The molecule has 1 amide bonds. The Balaban J connectivity index is 1.41. The van der Waals surface area contributed by atoms with Crippen molar-refractivity contribution in [3.63, 3.8) is 0 Å². The lowest BCUT2D eigenvalue weighted by Gasteiger charge is -2.18. The first-order valence-corrected chi connectivity index (χ1v) is 10.4. The number of imidazole rings is 1. The van der Waals surface area contributed by atoms with E-state index < -0.39 is 6.04 Å². The topological polar surface area (TPSA) is 69.0 Å². The number of amides is 1. The first kappa shape index (κ1) is 22.0. The molecule has 33 heavy (non-hydrogen) atoms. The molecule has 0 bridgehead atoms. The summed E-state index contributed by atoms with van der Waals surface area (Å²) in [6.07, 6.45) is 8.30. The van der Waals surface area contributed by atoms with Crippen LogP contribution in [0.4, 0.5) is 4.39 Å². The number of aryl methyl sites for hydroxylation is 1. The predicted octanol–water partition coefficient (Wildman–Crippen LogP) is 4.45. The molecule has 7 heteroatoms. The van der Waals surface area contributed by atoms with Gasteiger partial charge in [-0.25, -0.2) is 9.37 Å². The highest BCUT2D eigenvalue weighted by atomic mass is 19.1. The molecule has 0 fully saturated rings. The van der Waals surface area contributed by atoms with E-state index in [0.29, 0.717) is 23.7 Å². The van der Waals surface area contributed by atoms with E-state index in [-0.39, 0.29) is 11.7 Å². The van der Waals surface area contributed by atoms with Crippen molar-refractivity contribution >= 4 is 12.0 Å². The first-order valence-electron chi connectivity index (χ1n) is 10.4. The zero-order chi connectivity index (χ0) is 23.0. The number of hydrogen-bond acceptors (Lipinski definition) is 4. The van der Waals surface area contributed by atoms with Gasteiger partial charge in [0, 0.05) is 31.7 Å². The number of rotatable bonds is 8. The van der Waals surface area contributed by atoms with Gasteiger partial charge in [-0.15, -0.1) is 0 Å². The summed E-state index contributed by atoms with van der Waals surface area (Å²) in [5.74, 6) is 0.629. The summed E-state index contributed by atoms with van der Waals surface area (Å²) in [6, 6.07) is 18.6. The standard InChI is InChI=1S/C26H23FN4O2/c1-31-16-15-29-26(31)25(20-5-4-6-21(27)17-20)30-24(32)13-10-19-8-11-23(12-9-19)33-18-22-7-2-3-14-28-22/h2-17,25H,18H2,1H3,(H,30,32)/b13-10+. The van der Waals surface area contributed by atoms with Crippen LogP contribution in [0.5, 0.6) is 5.75 Å². The summed E-state index contributed by atoms with van der Waals surface area (Å²) in [5.41, 5.74) is 2.30. The van der Waals surface area contributed by atoms with Crippen LogP contribution >= 0.6 is 0 Å². The van der Waals surface area contributed by atoms with E-state index in [4.69, 9.17) is 4.74 Å². The van der Waals surface area contributed by atoms with Crippen LogP contribution in [0.2, 0.25) is 0 Å². The SMILES string of the molecule is Cn1ccnc1C(NC(=O)/C=C/c1ccc(OCc2ccccn2)cc1)c1cccc(F)c1. The van der Waals surface area contributed by atoms with Crippen molar-refractivity contribution in [1.82, 2.24) is 19.9 Å². The number of nitrogens with one attached hydrogen (secondary N) is 1. The summed E-state index contributed by atoms with van der Waals surface area (Å²) < 4.78 is 21.3. The Hall–Kier alpha value is -4.26. The van der Waals surface area contributed by atoms with Gasteiger partial charge in [0.25, 0.3) is 0 Å². The molecule has 0 aliphatic carbocycles. The van der Waals surface area contributed by atoms with E-state index >= 15 is 0 Å². The monoisotopic (exact) mass is 442 g/mol. The Morgan fingerprint density at radius 3 is 2.64 bits per heavy atom. The van der Waals surface area contributed by atoms with Crippen molar-refractivity contribution < 1.29 is 13.9 Å². The molecule has 6 nitrogen and oxygen atoms in total. The van der Waals surface area contributed by atoms with Crippen LogP contribution in [-0.2, 0) is 18.4 Å². The number of halogens is 1. The van der Waals surface area contributed by atoms with Gasteiger partial charge in [-0.3, -0.25) is 9.78 Å². The molecule has 0 saturated heterocycles. The fourth-order valence-electron chi connectivity index (χ4n) is 3.32. The lowest BCUT2D eigenvalue weighted by molar-refractivity contribution is -0.117. The summed E-state index contributed by atoms with van der Waals surface area (Å²) in [5, 5.41) is 2.92. The Morgan fingerprint density at radius 1 is 1.09 bits per heavy atom. The van der Waals surface area contributed by atoms with E-state index in [9.17, 15) is 9.18 Å². The number of aromatic nitrogens is 3. The van der Waals surface area contributed by atoms with E-state index in [1.165, 1.54) is 18.2 Å². The zero-order valence-electron chi connectivity index (χ0n) is 18.1. The van der Waals surface area contributed by atoms with Crippen molar-refractivity contribution in [2.45, 2.75) is 12.6 Å². The Labute approximate surface area is 191 Å². The van der Waals surface area contributed by atoms with E-state index in [1.807, 2.05) is 49.5 Å². The fraction of sp³-hybridized carbons (Fsp3) is 0.115. The molecule has 4 rings (SSSR count). The number of ether oxygens (including phenoxy) is 1. The third-order valence-electron chi connectivity index (χ3n) is 5.01. The third-order valence-corrected chi connectivity index (χ3v) is 5.01. The maximum atomic E-state index is 13.8. The maximum Gasteiger partial charge on any atom is 0.244 e. The molecule has 1 atom stereocenters. The van der Waals surface area contributed by atoms with Crippen LogP contribution in [0.15, 0.2) is 91.4 Å². The second kappa shape index (κ2) is 10.4. The number of carbonyl (C=O) groups is 1. The van der Waals surface area contributed by atoms with Gasteiger partial charge in [0.1, 0.15) is 30.0 Å². The lowest BCUT2D eigenvalue weighted by Crippen LogP contribution is -2.29. The lowest BCUT2D eigenvalue weighted by atomic mass is 10.1. The number of hydrogen-bond donors (Lipinski definition) is 1. The Kier molecular flexibility index (Phi) is 6.90. The van der Waals surface area contributed by atoms with Crippen molar-refractivity contribution in [3.8, 4) is 5.75 Å². The number of benzene rings is 2. The summed E-state index contributed by atoms with van der Waals surface area (Å²) in [4.78, 5) is 21.2. The molecule has 166 valence electrons. The van der Waals surface area contributed by atoms with Gasteiger partial charge in [-0.05, 0) is 53.6 Å². The molecule has 4 aromatic rings. The number of pyridine rings is 1. The molecule has 1 N–H and O–H groups in total. The largest absolute Gasteiger partial charge is 0.487 e. The zero-order valence-corrected chi connectivity index (χ0v) is 18.1. The molecule has 0 radical (unpaired) electrons. The smallest absolute Gasteiger partial charge is 0.244 e. The van der Waals surface area contributed by atoms with Crippen molar-refractivity contribution in [1.29, 1.82) is 0 Å². The first-order chi connectivity index (χ1) is 16.1. The van der Waals surface area contributed by atoms with Gasteiger partial charge in [0.05, 0.1) is 5.69 Å². The molecule has 0 aliphatic heterocycles. The third kappa shape index (κ3) is 5.92. The molecule has 1 unspecified atom stereocenters. The molecule has 2 heterocycles. The molecule has 2 aromatic carbocycles.